The third-order valence-corrected chi connectivity index (χ3v) is 9.26. The number of rotatable bonds is 9. The van der Waals surface area contributed by atoms with Gasteiger partial charge in [0.15, 0.2) is 0 Å². The molecule has 0 spiro atoms. The molecule has 1 aliphatic carbocycles. The van der Waals surface area contributed by atoms with Crippen LogP contribution in [0.5, 0.6) is 6.01 Å². The van der Waals surface area contributed by atoms with E-state index < -0.39 is 0 Å². The fourth-order valence-corrected chi connectivity index (χ4v) is 6.77. The van der Waals surface area contributed by atoms with Gasteiger partial charge in [0.25, 0.3) is 0 Å². The zero-order chi connectivity index (χ0) is 29.1. The maximum atomic E-state index is 12.5. The Hall–Kier alpha value is -3.83. The summed E-state index contributed by atoms with van der Waals surface area (Å²) in [4.78, 5) is 32.4. The van der Waals surface area contributed by atoms with E-state index in [9.17, 15) is 4.79 Å². The number of hydrogen-bond acceptors (Lipinski definition) is 6. The summed E-state index contributed by atoms with van der Waals surface area (Å²) in [5, 5.41) is 2.91. The minimum absolute atomic E-state index is 0.132. The molecule has 0 radical (unpaired) electrons. The molecule has 2 fully saturated rings. The summed E-state index contributed by atoms with van der Waals surface area (Å²) in [6.45, 7) is 15.1. The number of amides is 1. The predicted molar refractivity (Wildman–Crippen MR) is 167 cm³/mol. The van der Waals surface area contributed by atoms with Crippen LogP contribution in [-0.2, 0) is 17.8 Å². The first kappa shape index (κ1) is 28.3. The molecule has 3 aromatic rings. The maximum absolute atomic E-state index is 12.5. The summed E-state index contributed by atoms with van der Waals surface area (Å²) < 4.78 is 6.19. The van der Waals surface area contributed by atoms with Gasteiger partial charge >= 0.3 is 6.01 Å². The minimum atomic E-state index is -0.225. The predicted octanol–water partition coefficient (Wildman–Crippen LogP) is 5.93. The topological polar surface area (TPSA) is 66.2 Å². The Kier molecular flexibility index (Phi) is 8.48. The van der Waals surface area contributed by atoms with Gasteiger partial charge in [-0.2, -0.15) is 9.97 Å². The minimum Gasteiger partial charge on any atom is -0.463 e. The van der Waals surface area contributed by atoms with Crippen LogP contribution < -0.4 is 14.5 Å². The molecule has 3 heterocycles. The molecule has 8 nitrogen and oxygen atoms in total. The monoisotopic (exact) mass is 584 g/mol. The highest BCUT2D eigenvalue weighted by Crippen LogP contribution is 2.37. The molecule has 3 aliphatic rings. The van der Waals surface area contributed by atoms with Gasteiger partial charge in [-0.05, 0) is 48.8 Å². The van der Waals surface area contributed by atoms with Crippen molar-refractivity contribution in [3.05, 3.63) is 76.8 Å². The molecule has 0 N–H and O–H groups in total. The van der Waals surface area contributed by atoms with Gasteiger partial charge in [-0.15, -0.1) is 0 Å². The third-order valence-electron chi connectivity index (χ3n) is 8.95. The summed E-state index contributed by atoms with van der Waals surface area (Å²) in [5.74, 6) is 1.57. The summed E-state index contributed by atoms with van der Waals surface area (Å²) in [6, 6.07) is 12.5. The Bertz CT molecular complexity index is 1510. The lowest BCUT2D eigenvalue weighted by atomic mass is 9.82. The maximum Gasteiger partial charge on any atom is 0.318 e. The second-order valence-electron chi connectivity index (χ2n) is 11.5. The number of piperazine rings is 1. The van der Waals surface area contributed by atoms with E-state index in [1.54, 1.807) is 4.90 Å². The molecular weight excluding hydrogens is 548 g/mol. The van der Waals surface area contributed by atoms with Crippen LogP contribution in [0.4, 0.5) is 11.5 Å². The van der Waals surface area contributed by atoms with Crippen molar-refractivity contribution in [3.8, 4) is 6.01 Å². The molecule has 1 aromatic heterocycles. The highest BCUT2D eigenvalue weighted by Gasteiger charge is 2.35. The fourth-order valence-electron chi connectivity index (χ4n) is 6.49. The lowest BCUT2D eigenvalue weighted by Crippen LogP contribution is -2.56. The van der Waals surface area contributed by atoms with E-state index in [0.29, 0.717) is 38.8 Å². The van der Waals surface area contributed by atoms with Crippen LogP contribution in [0, 0.1) is 12.5 Å². The van der Waals surface area contributed by atoms with Crippen LogP contribution in [-0.4, -0.2) is 66.1 Å². The molecule has 0 unspecified atom stereocenters. The summed E-state index contributed by atoms with van der Waals surface area (Å²) in [7, 11) is 0. The first-order valence-corrected chi connectivity index (χ1v) is 15.4. The van der Waals surface area contributed by atoms with Crippen LogP contribution in [0.15, 0.2) is 49.1 Å². The number of hydrogen-bond donors (Lipinski definition) is 0. The molecular formula is C33H37ClN6O2. The van der Waals surface area contributed by atoms with Gasteiger partial charge in [-0.3, -0.25) is 4.79 Å². The average molecular weight is 585 g/mol. The van der Waals surface area contributed by atoms with Crippen molar-refractivity contribution < 1.29 is 9.53 Å². The van der Waals surface area contributed by atoms with Crippen molar-refractivity contribution in [1.82, 2.24) is 14.9 Å². The molecule has 1 saturated carbocycles. The molecule has 6 rings (SSSR count). The zero-order valence-electron chi connectivity index (χ0n) is 24.0. The van der Waals surface area contributed by atoms with Crippen molar-refractivity contribution in [2.24, 2.45) is 5.92 Å². The number of aromatic nitrogens is 2. The zero-order valence-corrected chi connectivity index (χ0v) is 24.7. The average Bonchev–Trinajstić information content (AvgIpc) is 2.99. The normalized spacial score (nSPS) is 18.8. The van der Waals surface area contributed by atoms with Crippen molar-refractivity contribution in [2.45, 2.75) is 51.1 Å². The second kappa shape index (κ2) is 12.6. The first-order valence-electron chi connectivity index (χ1n) is 15.0. The van der Waals surface area contributed by atoms with Crippen LogP contribution in [0.2, 0.25) is 5.02 Å². The Balaban J connectivity index is 1.30. The highest BCUT2D eigenvalue weighted by atomic mass is 35.5. The molecule has 9 heteroatoms. The lowest BCUT2D eigenvalue weighted by molar-refractivity contribution is -0.128. The van der Waals surface area contributed by atoms with E-state index in [-0.39, 0.29) is 18.5 Å². The molecule has 0 bridgehead atoms. The number of fused-ring (bicyclic) bond motifs is 2. The van der Waals surface area contributed by atoms with E-state index in [0.717, 1.165) is 63.9 Å². The highest BCUT2D eigenvalue weighted by molar-refractivity contribution is 6.36. The third kappa shape index (κ3) is 5.76. The Morgan fingerprint density at radius 3 is 2.74 bits per heavy atom. The Morgan fingerprint density at radius 2 is 1.98 bits per heavy atom. The van der Waals surface area contributed by atoms with E-state index >= 15 is 0 Å². The van der Waals surface area contributed by atoms with Crippen LogP contribution >= 0.6 is 11.6 Å². The molecule has 42 heavy (non-hydrogen) atoms. The standard InChI is InChI=1S/C33H37ClN6O2/c1-3-30(41)40-18-17-39(21-25(40)20-35-2)32-26-15-16-38(29-14-6-12-24-11-5-13-27(34)31(24)29)22-28(26)36-33(37-32)42-19-7-10-23-8-4-9-23/h3,5-6,11-14,23,25H,1,4,7-10,15-22H2/t25-/m0/s1. The van der Waals surface area contributed by atoms with Crippen molar-refractivity contribution in [3.63, 3.8) is 0 Å². The number of anilines is 2. The SMILES string of the molecule is [C-]#[N+]C[C@H]1CN(c2nc(OCCCC3CCC3)nc3c2CCN(c2cccc4cccc(Cl)c24)C3)CCN1C(=O)C=C. The van der Waals surface area contributed by atoms with Gasteiger partial charge in [0.1, 0.15) is 11.9 Å². The number of carbonyl (C=O) groups excluding carboxylic acids is 1. The number of nitrogens with zero attached hydrogens (tertiary/aromatic N) is 6. The van der Waals surface area contributed by atoms with Crippen molar-refractivity contribution in [2.75, 3.05) is 49.1 Å². The van der Waals surface area contributed by atoms with Crippen LogP contribution in [0.25, 0.3) is 15.6 Å². The van der Waals surface area contributed by atoms with Gasteiger partial charge in [-0.1, -0.05) is 61.7 Å². The number of ether oxygens (including phenoxy) is 1. The Morgan fingerprint density at radius 1 is 1.14 bits per heavy atom. The lowest BCUT2D eigenvalue weighted by Gasteiger charge is -2.41. The molecule has 2 aliphatic heterocycles. The smallest absolute Gasteiger partial charge is 0.318 e. The summed E-state index contributed by atoms with van der Waals surface area (Å²) in [5.41, 5.74) is 3.17. The first-order chi connectivity index (χ1) is 20.6. The molecule has 1 amide bonds. The van der Waals surface area contributed by atoms with Gasteiger partial charge in [0.05, 0.1) is 23.9 Å². The van der Waals surface area contributed by atoms with Gasteiger partial charge < -0.3 is 24.3 Å². The van der Waals surface area contributed by atoms with E-state index in [1.165, 1.54) is 31.8 Å². The van der Waals surface area contributed by atoms with E-state index in [2.05, 4.69) is 45.5 Å². The van der Waals surface area contributed by atoms with Crippen LogP contribution in [0.1, 0.15) is 43.4 Å². The quantitative estimate of drug-likeness (QED) is 0.176. The van der Waals surface area contributed by atoms with E-state index in [4.69, 9.17) is 32.9 Å². The number of carbonyl (C=O) groups is 1. The second-order valence-corrected chi connectivity index (χ2v) is 11.9. The molecule has 218 valence electrons. The Labute approximate surface area is 252 Å². The summed E-state index contributed by atoms with van der Waals surface area (Å²) in [6.07, 6.45) is 8.30. The fraction of sp³-hybridized carbons (Fsp3) is 0.455. The molecule has 1 saturated heterocycles. The van der Waals surface area contributed by atoms with Crippen molar-refractivity contribution >= 4 is 39.8 Å². The van der Waals surface area contributed by atoms with Gasteiger partial charge in [0, 0.05) is 42.8 Å². The summed E-state index contributed by atoms with van der Waals surface area (Å²) >= 11 is 6.69. The largest absolute Gasteiger partial charge is 0.463 e. The van der Waals surface area contributed by atoms with E-state index in [1.807, 2.05) is 12.1 Å². The molecule has 2 aromatic carbocycles. The van der Waals surface area contributed by atoms with Gasteiger partial charge in [-0.25, -0.2) is 6.57 Å². The number of benzene rings is 2. The molecule has 1 atom stereocenters. The van der Waals surface area contributed by atoms with Crippen molar-refractivity contribution in [1.29, 1.82) is 0 Å². The van der Waals surface area contributed by atoms with Crippen LogP contribution in [0.3, 0.4) is 0 Å². The number of halogens is 1. The van der Waals surface area contributed by atoms with Gasteiger partial charge in [0.2, 0.25) is 12.5 Å².